The van der Waals surface area contributed by atoms with Crippen LogP contribution in [-0.4, -0.2) is 202 Å². The fraction of sp³-hybridized carbons (Fsp3) is 0.933. The number of nitrogens with one attached hydrogen (secondary N) is 2. The van der Waals surface area contributed by atoms with Crippen molar-refractivity contribution >= 4 is 41.4 Å². The average Bonchev–Trinajstić information content (AvgIpc) is 3.23. The molecular formula is C45H85ClN4O14S. The lowest BCUT2D eigenvalue weighted by molar-refractivity contribution is -0.318. The summed E-state index contributed by atoms with van der Waals surface area (Å²) >= 11 is 11.2. The molecule has 20 heteroatoms. The average molecular weight is 974 g/mol. The van der Waals surface area contributed by atoms with Gasteiger partial charge in [0, 0.05) is 63.6 Å². The van der Waals surface area contributed by atoms with Gasteiger partial charge >= 0.3 is 5.97 Å². The summed E-state index contributed by atoms with van der Waals surface area (Å²) in [6.07, 6.45) is -7.27. The number of halogens is 1. The normalized spacial score (nSPS) is 41.5. The quantitative estimate of drug-likeness (QED) is 0.0410. The van der Waals surface area contributed by atoms with E-state index >= 15 is 0 Å². The second kappa shape index (κ2) is 27.0. The summed E-state index contributed by atoms with van der Waals surface area (Å²) in [4.78, 5) is 26.8. The van der Waals surface area contributed by atoms with Crippen molar-refractivity contribution in [3.8, 4) is 0 Å². The van der Waals surface area contributed by atoms with Gasteiger partial charge in [-0.05, 0) is 113 Å². The Morgan fingerprint density at radius 3 is 2.14 bits per heavy atom. The number of carbonyl (C=O) groups excluding carboxylic acids is 1. The number of carbonyl (C=O) groups is 2. The molecule has 0 spiro atoms. The Bertz CT molecular complexity index is 1440. The van der Waals surface area contributed by atoms with Crippen LogP contribution in [0.25, 0.3) is 0 Å². The van der Waals surface area contributed by atoms with Crippen molar-refractivity contribution in [2.75, 3.05) is 53.3 Å². The zero-order chi connectivity index (χ0) is 49.6. The highest BCUT2D eigenvalue weighted by Gasteiger charge is 2.53. The second-order valence-corrected chi connectivity index (χ2v) is 20.2. The number of likely N-dealkylation sites (N-methyl/N-ethyl adjacent to an activating group) is 1. The Morgan fingerprint density at radius 1 is 0.985 bits per heavy atom. The van der Waals surface area contributed by atoms with Crippen molar-refractivity contribution in [3.05, 3.63) is 0 Å². The van der Waals surface area contributed by atoms with E-state index in [1.165, 1.54) is 14.0 Å². The number of carboxylic acid groups (broad SMARTS) is 1. The number of ether oxygens (including phenoxy) is 6. The minimum atomic E-state index is -1.87. The molecule has 65 heavy (non-hydrogen) atoms. The van der Waals surface area contributed by atoms with E-state index < -0.39 is 96.0 Å². The Labute approximate surface area is 398 Å². The maximum atomic E-state index is 14.5. The fourth-order valence-corrected chi connectivity index (χ4v) is 10.1. The molecule has 0 aromatic carbocycles. The molecule has 382 valence electrons. The molecule has 3 rings (SSSR count). The Balaban J connectivity index is 0.00000470. The van der Waals surface area contributed by atoms with Crippen LogP contribution in [0.1, 0.15) is 108 Å². The largest absolute Gasteiger partial charge is 0.483 e. The van der Waals surface area contributed by atoms with Crippen molar-refractivity contribution in [3.63, 3.8) is 0 Å². The molecule has 0 aromatic rings. The van der Waals surface area contributed by atoms with Crippen LogP contribution < -0.4 is 10.6 Å². The van der Waals surface area contributed by atoms with Crippen LogP contribution in [-0.2, 0) is 38.0 Å². The highest BCUT2D eigenvalue weighted by molar-refractivity contribution is 7.80. The van der Waals surface area contributed by atoms with Crippen LogP contribution in [0.3, 0.4) is 0 Å². The molecule has 0 bridgehead atoms. The van der Waals surface area contributed by atoms with E-state index in [1.807, 2.05) is 46.7 Å². The first-order chi connectivity index (χ1) is 30.3. The number of rotatable bonds is 14. The standard InChI is InChI=1S/C44H83ClN4O12S.CH2O2/c1-14-32-44(10,55)36(51)29(6)49(20-16-19-47-41(62)46-18-15-17-45)24-25(2)22-42(8,54)38(61-40-34(50)31(48(11)12)21-26(3)57-40)27(4)35(28(5)39(53)59-32)60-33-23-43(9,56-13)37(52)30(7)58-33;2-1-3/h25-38,40,50-52,54-55H,14-24H2,1-13H3,(H2,46,47,62);1H,(H,2,3)/t25-,26-,27+,28-,29-,30+,31+,32-,33+,34-,35+,36-,37+,38-,40+,42-,43-,44-;/m1./s1. The Kier molecular flexibility index (Phi) is 24.7. The molecule has 3 fully saturated rings. The van der Waals surface area contributed by atoms with Crippen LogP contribution >= 0.6 is 23.8 Å². The number of nitrogens with zero attached hydrogens (tertiary/aromatic N) is 2. The number of esters is 1. The van der Waals surface area contributed by atoms with Crippen LogP contribution in [0.5, 0.6) is 0 Å². The molecule has 0 saturated carbocycles. The van der Waals surface area contributed by atoms with E-state index in [4.69, 9.17) is 62.1 Å². The Morgan fingerprint density at radius 2 is 1.58 bits per heavy atom. The van der Waals surface area contributed by atoms with E-state index in [9.17, 15) is 30.3 Å². The molecule has 0 aromatic heterocycles. The maximum Gasteiger partial charge on any atom is 0.311 e. The van der Waals surface area contributed by atoms with E-state index in [-0.39, 0.29) is 43.8 Å². The molecule has 3 aliphatic rings. The Hall–Kier alpha value is -1.56. The van der Waals surface area contributed by atoms with Gasteiger partial charge in [0.2, 0.25) is 0 Å². The summed E-state index contributed by atoms with van der Waals surface area (Å²) in [5, 5.41) is 73.4. The van der Waals surface area contributed by atoms with Gasteiger partial charge in [-0.1, -0.05) is 20.8 Å². The number of aliphatic hydroxyl groups excluding tert-OH is 3. The number of hydrogen-bond donors (Lipinski definition) is 8. The van der Waals surface area contributed by atoms with Gasteiger partial charge in [-0.25, -0.2) is 0 Å². The topological polar surface area (TPSA) is 241 Å². The number of cyclic esters (lactones) is 1. The van der Waals surface area contributed by atoms with Crippen molar-refractivity contribution < 1.29 is 68.6 Å². The summed E-state index contributed by atoms with van der Waals surface area (Å²) < 4.78 is 38.0. The highest BCUT2D eigenvalue weighted by atomic mass is 35.5. The summed E-state index contributed by atoms with van der Waals surface area (Å²) in [6, 6.07) is -0.915. The third-order valence-electron chi connectivity index (χ3n) is 13.5. The lowest BCUT2D eigenvalue weighted by atomic mass is 9.77. The van der Waals surface area contributed by atoms with Crippen LogP contribution in [0, 0.1) is 17.8 Å². The van der Waals surface area contributed by atoms with E-state index in [0.717, 1.165) is 6.42 Å². The maximum absolute atomic E-state index is 14.5. The highest BCUT2D eigenvalue weighted by Crippen LogP contribution is 2.40. The lowest BCUT2D eigenvalue weighted by Crippen LogP contribution is -2.60. The predicted molar refractivity (Wildman–Crippen MR) is 250 cm³/mol. The van der Waals surface area contributed by atoms with Gasteiger partial charge in [0.15, 0.2) is 17.7 Å². The first-order valence-corrected chi connectivity index (χ1v) is 24.1. The van der Waals surface area contributed by atoms with E-state index in [2.05, 4.69) is 15.5 Å². The van der Waals surface area contributed by atoms with Gasteiger partial charge < -0.3 is 74.6 Å². The van der Waals surface area contributed by atoms with Crippen LogP contribution in [0.15, 0.2) is 0 Å². The predicted octanol–water partition coefficient (Wildman–Crippen LogP) is 2.45. The van der Waals surface area contributed by atoms with E-state index in [0.29, 0.717) is 50.0 Å². The molecule has 3 aliphatic heterocycles. The van der Waals surface area contributed by atoms with Gasteiger partial charge in [0.25, 0.3) is 6.47 Å². The number of aliphatic hydroxyl groups is 5. The molecular weight excluding hydrogens is 888 g/mol. The third kappa shape index (κ3) is 16.5. The molecule has 0 aliphatic carbocycles. The van der Waals surface area contributed by atoms with Crippen LogP contribution in [0.4, 0.5) is 0 Å². The summed E-state index contributed by atoms with van der Waals surface area (Å²) in [5.41, 5.74) is -4.53. The van der Waals surface area contributed by atoms with Gasteiger partial charge in [-0.2, -0.15) is 0 Å². The fourth-order valence-electron chi connectivity index (χ4n) is 9.71. The zero-order valence-electron chi connectivity index (χ0n) is 41.1. The van der Waals surface area contributed by atoms with Crippen molar-refractivity contribution in [2.45, 2.75) is 198 Å². The van der Waals surface area contributed by atoms with Crippen molar-refractivity contribution in [1.29, 1.82) is 0 Å². The molecule has 18 atom stereocenters. The third-order valence-corrected chi connectivity index (χ3v) is 14.1. The first-order valence-electron chi connectivity index (χ1n) is 23.2. The molecule has 0 amide bonds. The van der Waals surface area contributed by atoms with E-state index in [1.54, 1.807) is 34.6 Å². The van der Waals surface area contributed by atoms with Crippen molar-refractivity contribution in [1.82, 2.24) is 20.4 Å². The molecule has 3 heterocycles. The monoisotopic (exact) mass is 973 g/mol. The van der Waals surface area contributed by atoms with Gasteiger partial charge in [0.05, 0.1) is 41.5 Å². The summed E-state index contributed by atoms with van der Waals surface area (Å²) in [7, 11) is 5.28. The minimum absolute atomic E-state index is 0.115. The van der Waals surface area contributed by atoms with Crippen molar-refractivity contribution in [2.24, 2.45) is 17.8 Å². The molecule has 0 unspecified atom stereocenters. The minimum Gasteiger partial charge on any atom is -0.483 e. The van der Waals surface area contributed by atoms with Gasteiger partial charge in [-0.15, -0.1) is 11.6 Å². The number of alkyl halides is 1. The molecule has 3 saturated heterocycles. The molecule has 0 radical (unpaired) electrons. The lowest BCUT2D eigenvalue weighted by Gasteiger charge is -2.48. The van der Waals surface area contributed by atoms with Crippen LogP contribution in [0.2, 0.25) is 0 Å². The summed E-state index contributed by atoms with van der Waals surface area (Å²) in [6.45, 7) is 19.5. The first kappa shape index (κ1) is 59.6. The smallest absolute Gasteiger partial charge is 0.311 e. The number of methoxy groups -OCH3 is 1. The number of hydrogen-bond acceptors (Lipinski definition) is 16. The number of thiocarbonyl (C=S) groups is 1. The molecule has 18 nitrogen and oxygen atoms in total. The second-order valence-electron chi connectivity index (χ2n) is 19.4. The molecule has 8 N–H and O–H groups in total. The summed E-state index contributed by atoms with van der Waals surface area (Å²) in [5.74, 6) is -2.23. The SMILES string of the molecule is CC[C@H]1OC(=O)[C@H](C)[C@@H](O[C@H]2C[C@@](C)(OC)[C@@H](O)[C@H](C)O2)[C@H](C)[C@@H](O[C@@H]2O[C@H](C)C[C@H](N(C)C)[C@H]2O)[C@](C)(O)C[C@@H](C)CN(CCCNC(=S)NCCCCl)[C@H](C)[C@@H](O)[C@]1(C)O.O=CO. The zero-order valence-corrected chi connectivity index (χ0v) is 42.7. The van der Waals surface area contributed by atoms with Gasteiger partial charge in [0.1, 0.15) is 30.0 Å². The van der Waals surface area contributed by atoms with Gasteiger partial charge in [-0.3, -0.25) is 14.5 Å².